The second kappa shape index (κ2) is 5.31. The van der Waals surface area contributed by atoms with Crippen LogP contribution in [0.25, 0.3) is 6.08 Å². The molecule has 0 heterocycles. The summed E-state index contributed by atoms with van der Waals surface area (Å²) in [4.78, 5) is 0. The van der Waals surface area contributed by atoms with Gasteiger partial charge in [0.25, 0.3) is 0 Å². The summed E-state index contributed by atoms with van der Waals surface area (Å²) in [7, 11) is -5.61. The van der Waals surface area contributed by atoms with E-state index in [1.54, 1.807) is 24.3 Å². The molecular formula is C10H8BrF3O3S. The van der Waals surface area contributed by atoms with Crippen molar-refractivity contribution in [2.24, 2.45) is 0 Å². The lowest BCUT2D eigenvalue weighted by Gasteiger charge is -2.09. The van der Waals surface area contributed by atoms with Crippen molar-refractivity contribution in [2.45, 2.75) is 12.4 Å². The summed E-state index contributed by atoms with van der Waals surface area (Å²) >= 11 is 3.18. The molecule has 1 rings (SSSR count). The van der Waals surface area contributed by atoms with Crippen LogP contribution in [0.2, 0.25) is 0 Å². The van der Waals surface area contributed by atoms with Gasteiger partial charge in [0, 0.05) is 4.47 Å². The number of alkyl halides is 3. The van der Waals surface area contributed by atoms with E-state index < -0.39 is 15.6 Å². The molecule has 0 amide bonds. The minimum Gasteiger partial charge on any atom is -0.381 e. The van der Waals surface area contributed by atoms with E-state index in [1.165, 1.54) is 6.08 Å². The van der Waals surface area contributed by atoms with E-state index in [9.17, 15) is 21.6 Å². The Balaban J connectivity index is 2.94. The Morgan fingerprint density at radius 2 is 2.00 bits per heavy atom. The van der Waals surface area contributed by atoms with Gasteiger partial charge in [-0.05, 0) is 30.7 Å². The smallest absolute Gasteiger partial charge is 0.381 e. The lowest BCUT2D eigenvalue weighted by atomic mass is 10.2. The van der Waals surface area contributed by atoms with Crippen LogP contribution in [0.15, 0.2) is 34.5 Å². The molecule has 0 aliphatic carbocycles. The van der Waals surface area contributed by atoms with Crippen molar-refractivity contribution in [2.75, 3.05) is 0 Å². The fourth-order valence-corrected chi connectivity index (χ4v) is 1.98. The van der Waals surface area contributed by atoms with Gasteiger partial charge in [0.15, 0.2) is 0 Å². The van der Waals surface area contributed by atoms with Gasteiger partial charge < -0.3 is 4.18 Å². The number of rotatable bonds is 3. The normalized spacial score (nSPS) is 13.5. The molecule has 0 aromatic heterocycles. The van der Waals surface area contributed by atoms with E-state index in [0.29, 0.717) is 10.0 Å². The Morgan fingerprint density at radius 1 is 1.39 bits per heavy atom. The number of benzene rings is 1. The molecule has 0 N–H and O–H groups in total. The molecule has 8 heteroatoms. The van der Waals surface area contributed by atoms with Crippen LogP contribution in [-0.4, -0.2) is 13.9 Å². The molecule has 0 saturated carbocycles. The second-order valence-corrected chi connectivity index (χ2v) is 5.75. The molecule has 1 aromatic carbocycles. The van der Waals surface area contributed by atoms with Gasteiger partial charge in [-0.1, -0.05) is 28.1 Å². The molecule has 0 bridgehead atoms. The zero-order valence-electron chi connectivity index (χ0n) is 9.03. The summed E-state index contributed by atoms with van der Waals surface area (Å²) < 4.78 is 62.2. The second-order valence-electron chi connectivity index (χ2n) is 3.29. The van der Waals surface area contributed by atoms with Crippen molar-refractivity contribution in [3.8, 4) is 0 Å². The first-order valence-electron chi connectivity index (χ1n) is 4.56. The van der Waals surface area contributed by atoms with Crippen LogP contribution < -0.4 is 0 Å². The van der Waals surface area contributed by atoms with Crippen molar-refractivity contribution < 1.29 is 25.8 Å². The molecule has 3 nitrogen and oxygen atoms in total. The molecule has 0 fully saturated rings. The molecule has 18 heavy (non-hydrogen) atoms. The third kappa shape index (κ3) is 4.02. The minimum atomic E-state index is -5.61. The van der Waals surface area contributed by atoms with Crippen LogP contribution in [0.3, 0.4) is 0 Å². The van der Waals surface area contributed by atoms with Crippen LogP contribution in [0.1, 0.15) is 12.5 Å². The zero-order chi connectivity index (χ0) is 14.0. The number of hydrogen-bond acceptors (Lipinski definition) is 3. The van der Waals surface area contributed by atoms with Crippen molar-refractivity contribution >= 4 is 32.1 Å². The summed E-state index contributed by atoms with van der Waals surface area (Å²) in [5.74, 6) is -0.370. The first-order chi connectivity index (χ1) is 8.12. The predicted octanol–water partition coefficient (Wildman–Crippen LogP) is 3.68. The quantitative estimate of drug-likeness (QED) is 0.477. The highest BCUT2D eigenvalue weighted by Crippen LogP contribution is 2.27. The molecule has 0 unspecified atom stereocenters. The monoisotopic (exact) mass is 344 g/mol. The van der Waals surface area contributed by atoms with Crippen LogP contribution in [0.4, 0.5) is 13.2 Å². The summed E-state index contributed by atoms with van der Waals surface area (Å²) in [6.07, 6.45) is 1.19. The van der Waals surface area contributed by atoms with Crippen LogP contribution >= 0.6 is 15.9 Å². The van der Waals surface area contributed by atoms with Crippen molar-refractivity contribution in [3.05, 3.63) is 40.1 Å². The fraction of sp³-hybridized carbons (Fsp3) is 0.200. The van der Waals surface area contributed by atoms with Gasteiger partial charge in [0.1, 0.15) is 5.76 Å². The Bertz CT molecular complexity index is 564. The fourth-order valence-electron chi connectivity index (χ4n) is 1.08. The Kier molecular flexibility index (Phi) is 4.44. The van der Waals surface area contributed by atoms with Gasteiger partial charge in [-0.2, -0.15) is 21.6 Å². The maximum absolute atomic E-state index is 12.0. The topological polar surface area (TPSA) is 43.4 Å². The van der Waals surface area contributed by atoms with E-state index in [2.05, 4.69) is 20.1 Å². The largest absolute Gasteiger partial charge is 0.534 e. The number of allylic oxidation sites excluding steroid dienone is 1. The third-order valence-corrected chi connectivity index (χ3v) is 3.29. The summed E-state index contributed by atoms with van der Waals surface area (Å²) in [5.41, 5.74) is -4.92. The number of halogens is 4. The van der Waals surface area contributed by atoms with E-state index in [-0.39, 0.29) is 5.76 Å². The van der Waals surface area contributed by atoms with Crippen molar-refractivity contribution in [1.82, 2.24) is 0 Å². The molecule has 0 aliphatic rings. The highest BCUT2D eigenvalue weighted by molar-refractivity contribution is 9.10. The molecule has 0 saturated heterocycles. The molecule has 0 aliphatic heterocycles. The Hall–Kier alpha value is -1.02. The highest BCUT2D eigenvalue weighted by Gasteiger charge is 2.48. The van der Waals surface area contributed by atoms with E-state index >= 15 is 0 Å². The van der Waals surface area contributed by atoms with E-state index in [0.717, 1.165) is 6.92 Å². The van der Waals surface area contributed by atoms with Crippen LogP contribution in [0, 0.1) is 0 Å². The van der Waals surface area contributed by atoms with Gasteiger partial charge in [0.2, 0.25) is 0 Å². The molecule has 1 aromatic rings. The van der Waals surface area contributed by atoms with Crippen molar-refractivity contribution in [1.29, 1.82) is 0 Å². The maximum atomic E-state index is 12.0. The summed E-state index contributed by atoms with van der Waals surface area (Å²) in [6, 6.07) is 6.58. The van der Waals surface area contributed by atoms with Gasteiger partial charge in [-0.25, -0.2) is 0 Å². The lowest BCUT2D eigenvalue weighted by molar-refractivity contribution is -0.0521. The van der Waals surface area contributed by atoms with Crippen molar-refractivity contribution in [3.63, 3.8) is 0 Å². The average molecular weight is 345 g/mol. The maximum Gasteiger partial charge on any atom is 0.534 e. The van der Waals surface area contributed by atoms with E-state index in [1.807, 2.05) is 0 Å². The number of hydrogen-bond donors (Lipinski definition) is 0. The first kappa shape index (κ1) is 15.0. The zero-order valence-corrected chi connectivity index (χ0v) is 11.4. The molecule has 0 spiro atoms. The Labute approximate surface area is 111 Å². The third-order valence-electron chi connectivity index (χ3n) is 1.74. The highest BCUT2D eigenvalue weighted by atomic mass is 79.9. The Morgan fingerprint density at radius 3 is 2.50 bits per heavy atom. The first-order valence-corrected chi connectivity index (χ1v) is 6.76. The summed E-state index contributed by atoms with van der Waals surface area (Å²) in [6.45, 7) is 1.13. The SMILES string of the molecule is C/C(=C/c1cccc(Br)c1)OS(=O)(=O)C(F)(F)F. The molecule has 100 valence electrons. The molecule has 0 atom stereocenters. The van der Waals surface area contributed by atoms with Gasteiger partial charge >= 0.3 is 15.6 Å². The molecule has 0 radical (unpaired) electrons. The van der Waals surface area contributed by atoms with Gasteiger partial charge in [-0.15, -0.1) is 0 Å². The van der Waals surface area contributed by atoms with Crippen LogP contribution in [0.5, 0.6) is 0 Å². The lowest BCUT2D eigenvalue weighted by Crippen LogP contribution is -2.24. The van der Waals surface area contributed by atoms with Gasteiger partial charge in [-0.3, -0.25) is 0 Å². The minimum absolute atomic E-state index is 0.370. The predicted molar refractivity (Wildman–Crippen MR) is 63.9 cm³/mol. The standard InChI is InChI=1S/C10H8BrF3O3S/c1-7(17-18(15,16)10(12,13)14)5-8-3-2-4-9(11)6-8/h2-6H,1H3/b7-5-. The van der Waals surface area contributed by atoms with Gasteiger partial charge in [0.05, 0.1) is 0 Å². The van der Waals surface area contributed by atoms with E-state index in [4.69, 9.17) is 0 Å². The van der Waals surface area contributed by atoms with Crippen LogP contribution in [-0.2, 0) is 14.3 Å². The molecular weight excluding hydrogens is 337 g/mol. The average Bonchev–Trinajstić information content (AvgIpc) is 2.14. The summed E-state index contributed by atoms with van der Waals surface area (Å²) in [5, 5.41) is 0.